The van der Waals surface area contributed by atoms with E-state index in [1.54, 1.807) is 0 Å². The van der Waals surface area contributed by atoms with Gasteiger partial charge in [0.05, 0.1) is 16.8 Å². The van der Waals surface area contributed by atoms with Crippen LogP contribution in [0.2, 0.25) is 0 Å². The molecule has 0 aliphatic rings. The lowest BCUT2D eigenvalue weighted by Crippen LogP contribution is -2.27. The Kier molecular flexibility index (Phi) is 6.45. The molecule has 0 saturated carbocycles. The molecule has 1 aromatic heterocycles. The number of nitrogens with zero attached hydrogens (tertiary/aromatic N) is 1. The van der Waals surface area contributed by atoms with Crippen molar-refractivity contribution in [2.45, 2.75) is 53.1 Å². The van der Waals surface area contributed by atoms with E-state index in [0.29, 0.717) is 25.3 Å². The summed E-state index contributed by atoms with van der Waals surface area (Å²) in [6, 6.07) is 0. The van der Waals surface area contributed by atoms with Gasteiger partial charge in [-0.2, -0.15) is 0 Å². The number of rotatable bonds is 7. The first-order chi connectivity index (χ1) is 8.93. The predicted octanol–water partition coefficient (Wildman–Crippen LogP) is 2.54. The van der Waals surface area contributed by atoms with Gasteiger partial charge in [-0.05, 0) is 32.1 Å². The van der Waals surface area contributed by atoms with Gasteiger partial charge in [0.1, 0.15) is 4.88 Å². The first kappa shape index (κ1) is 16.1. The number of aromatic nitrogens is 1. The van der Waals surface area contributed by atoms with E-state index < -0.39 is 0 Å². The Morgan fingerprint density at radius 2 is 2.16 bits per heavy atom. The Hall–Kier alpha value is -0.940. The van der Waals surface area contributed by atoms with Crippen LogP contribution < -0.4 is 5.32 Å². The van der Waals surface area contributed by atoms with Crippen LogP contribution >= 0.6 is 11.3 Å². The highest BCUT2D eigenvalue weighted by molar-refractivity contribution is 7.13. The Labute approximate surface area is 119 Å². The van der Waals surface area contributed by atoms with E-state index in [1.165, 1.54) is 11.3 Å². The SMILES string of the molecule is CCC(O)CCNC(=O)c1sc(C)nc1CC(C)C. The molecule has 5 heteroatoms. The number of aliphatic hydroxyl groups excluding tert-OH is 1. The summed E-state index contributed by atoms with van der Waals surface area (Å²) < 4.78 is 0. The van der Waals surface area contributed by atoms with E-state index in [2.05, 4.69) is 24.1 Å². The van der Waals surface area contributed by atoms with Gasteiger partial charge in [0.25, 0.3) is 5.91 Å². The zero-order valence-corrected chi connectivity index (χ0v) is 13.0. The topological polar surface area (TPSA) is 62.2 Å². The summed E-state index contributed by atoms with van der Waals surface area (Å²) in [7, 11) is 0. The molecule has 4 nitrogen and oxygen atoms in total. The molecule has 1 amide bonds. The van der Waals surface area contributed by atoms with Crippen LogP contribution in [0, 0.1) is 12.8 Å². The summed E-state index contributed by atoms with van der Waals surface area (Å²) in [4.78, 5) is 17.3. The van der Waals surface area contributed by atoms with Gasteiger partial charge in [-0.1, -0.05) is 20.8 Å². The second kappa shape index (κ2) is 7.60. The van der Waals surface area contributed by atoms with Gasteiger partial charge < -0.3 is 10.4 Å². The van der Waals surface area contributed by atoms with Crippen LogP contribution in [-0.2, 0) is 6.42 Å². The molecular formula is C14H24N2O2S. The molecule has 1 aromatic rings. The van der Waals surface area contributed by atoms with Crippen molar-refractivity contribution >= 4 is 17.2 Å². The lowest BCUT2D eigenvalue weighted by atomic mass is 10.1. The maximum absolute atomic E-state index is 12.1. The van der Waals surface area contributed by atoms with Gasteiger partial charge in [-0.3, -0.25) is 4.79 Å². The van der Waals surface area contributed by atoms with Crippen LogP contribution in [0.3, 0.4) is 0 Å². The van der Waals surface area contributed by atoms with Gasteiger partial charge in [-0.15, -0.1) is 11.3 Å². The number of carbonyl (C=O) groups is 1. The maximum Gasteiger partial charge on any atom is 0.263 e. The molecule has 1 unspecified atom stereocenters. The number of thiazole rings is 1. The first-order valence-corrected chi connectivity index (χ1v) is 7.68. The van der Waals surface area contributed by atoms with E-state index >= 15 is 0 Å². The van der Waals surface area contributed by atoms with Crippen LogP contribution in [-0.4, -0.2) is 28.6 Å². The van der Waals surface area contributed by atoms with E-state index in [4.69, 9.17) is 0 Å². The van der Waals surface area contributed by atoms with Crippen LogP contribution in [0.25, 0.3) is 0 Å². The van der Waals surface area contributed by atoms with Crippen molar-refractivity contribution in [3.8, 4) is 0 Å². The summed E-state index contributed by atoms with van der Waals surface area (Å²) in [6.45, 7) is 8.60. The minimum atomic E-state index is -0.335. The second-order valence-corrected chi connectivity index (χ2v) is 6.42. The highest BCUT2D eigenvalue weighted by atomic mass is 32.1. The first-order valence-electron chi connectivity index (χ1n) is 6.86. The number of aliphatic hydroxyl groups is 1. The number of amides is 1. The van der Waals surface area contributed by atoms with E-state index in [9.17, 15) is 9.90 Å². The number of aryl methyl sites for hydroxylation is 1. The molecule has 1 heterocycles. The van der Waals surface area contributed by atoms with Crippen LogP contribution in [0.15, 0.2) is 0 Å². The lowest BCUT2D eigenvalue weighted by Gasteiger charge is -2.09. The molecule has 1 rings (SSSR count). The summed E-state index contributed by atoms with van der Waals surface area (Å²) in [5, 5.41) is 13.2. The molecule has 2 N–H and O–H groups in total. The van der Waals surface area contributed by atoms with Crippen LogP contribution in [0.1, 0.15) is 54.0 Å². The van der Waals surface area contributed by atoms with Gasteiger partial charge in [0.15, 0.2) is 0 Å². The zero-order chi connectivity index (χ0) is 14.4. The monoisotopic (exact) mass is 284 g/mol. The van der Waals surface area contributed by atoms with Crippen molar-refractivity contribution in [3.63, 3.8) is 0 Å². The Bertz CT molecular complexity index is 416. The Morgan fingerprint density at radius 3 is 2.74 bits per heavy atom. The van der Waals surface area contributed by atoms with Crippen molar-refractivity contribution in [2.24, 2.45) is 5.92 Å². The third-order valence-corrected chi connectivity index (χ3v) is 3.86. The van der Waals surface area contributed by atoms with E-state index in [-0.39, 0.29) is 12.0 Å². The average molecular weight is 284 g/mol. The number of hydrogen-bond acceptors (Lipinski definition) is 4. The average Bonchev–Trinajstić information content (AvgIpc) is 2.68. The fraction of sp³-hybridized carbons (Fsp3) is 0.714. The van der Waals surface area contributed by atoms with Gasteiger partial charge in [0.2, 0.25) is 0 Å². The van der Waals surface area contributed by atoms with Crippen LogP contribution in [0.5, 0.6) is 0 Å². The summed E-state index contributed by atoms with van der Waals surface area (Å²) in [5.74, 6) is 0.416. The summed E-state index contributed by atoms with van der Waals surface area (Å²) in [6.07, 6.45) is 1.80. The largest absolute Gasteiger partial charge is 0.393 e. The van der Waals surface area contributed by atoms with Gasteiger partial charge in [-0.25, -0.2) is 4.98 Å². The number of carbonyl (C=O) groups excluding carboxylic acids is 1. The zero-order valence-electron chi connectivity index (χ0n) is 12.2. The number of nitrogens with one attached hydrogen (secondary N) is 1. The molecule has 0 bridgehead atoms. The fourth-order valence-corrected chi connectivity index (χ4v) is 2.67. The third kappa shape index (κ3) is 5.28. The highest BCUT2D eigenvalue weighted by Gasteiger charge is 2.17. The quantitative estimate of drug-likeness (QED) is 0.809. The molecule has 0 radical (unpaired) electrons. The Balaban J connectivity index is 2.60. The normalized spacial score (nSPS) is 12.7. The van der Waals surface area contributed by atoms with Gasteiger partial charge in [0, 0.05) is 6.54 Å². The third-order valence-electron chi connectivity index (χ3n) is 2.85. The smallest absolute Gasteiger partial charge is 0.263 e. The molecule has 0 spiro atoms. The lowest BCUT2D eigenvalue weighted by molar-refractivity contribution is 0.0945. The van der Waals surface area contributed by atoms with Crippen molar-refractivity contribution < 1.29 is 9.90 Å². The van der Waals surface area contributed by atoms with Crippen molar-refractivity contribution in [1.29, 1.82) is 0 Å². The molecule has 0 saturated heterocycles. The minimum Gasteiger partial charge on any atom is -0.393 e. The van der Waals surface area contributed by atoms with Gasteiger partial charge >= 0.3 is 0 Å². The molecule has 0 aliphatic carbocycles. The van der Waals surface area contributed by atoms with Crippen LogP contribution in [0.4, 0.5) is 0 Å². The highest BCUT2D eigenvalue weighted by Crippen LogP contribution is 2.20. The minimum absolute atomic E-state index is 0.0652. The van der Waals surface area contributed by atoms with Crippen molar-refractivity contribution in [2.75, 3.05) is 6.54 Å². The number of hydrogen-bond donors (Lipinski definition) is 2. The molecular weight excluding hydrogens is 260 g/mol. The fourth-order valence-electron chi connectivity index (χ4n) is 1.81. The molecule has 0 aromatic carbocycles. The Morgan fingerprint density at radius 1 is 1.47 bits per heavy atom. The standard InChI is InChI=1S/C14H24N2O2S/c1-5-11(17)6-7-15-14(18)13-12(8-9(2)3)16-10(4)19-13/h9,11,17H,5-8H2,1-4H3,(H,15,18). The molecule has 0 fully saturated rings. The molecule has 19 heavy (non-hydrogen) atoms. The van der Waals surface area contributed by atoms with E-state index in [1.807, 2.05) is 13.8 Å². The molecule has 108 valence electrons. The predicted molar refractivity (Wildman–Crippen MR) is 78.6 cm³/mol. The van der Waals surface area contributed by atoms with E-state index in [0.717, 1.165) is 22.0 Å². The summed E-state index contributed by atoms with van der Waals surface area (Å²) in [5.41, 5.74) is 0.894. The molecule has 1 atom stereocenters. The maximum atomic E-state index is 12.1. The van der Waals surface area contributed by atoms with Crippen molar-refractivity contribution in [1.82, 2.24) is 10.3 Å². The van der Waals surface area contributed by atoms with Crippen molar-refractivity contribution in [3.05, 3.63) is 15.6 Å². The molecule has 0 aliphatic heterocycles. The summed E-state index contributed by atoms with van der Waals surface area (Å²) >= 11 is 1.44. The second-order valence-electron chi connectivity index (χ2n) is 5.21.